The van der Waals surface area contributed by atoms with Gasteiger partial charge in [0.25, 0.3) is 0 Å². The summed E-state index contributed by atoms with van der Waals surface area (Å²) in [5.41, 5.74) is 7.64. The summed E-state index contributed by atoms with van der Waals surface area (Å²) in [6.07, 6.45) is 0.697. The van der Waals surface area contributed by atoms with Crippen molar-refractivity contribution in [1.82, 2.24) is 0 Å². The fraction of sp³-hybridized carbons (Fsp3) is 0.263. The third-order valence-corrected chi connectivity index (χ3v) is 5.95. The Balaban J connectivity index is 1.67. The molecule has 2 atom stereocenters. The molecular formula is C19H21N5O5S. The molecule has 2 aromatic carbocycles. The van der Waals surface area contributed by atoms with Gasteiger partial charge in [-0.2, -0.15) is 0 Å². The number of fused-ring (bicyclic) bond motifs is 2. The van der Waals surface area contributed by atoms with Crippen LogP contribution in [0.1, 0.15) is 24.2 Å². The molecule has 30 heavy (non-hydrogen) atoms. The molecule has 2 aliphatic heterocycles. The highest BCUT2D eigenvalue weighted by molar-refractivity contribution is 7.92. The van der Waals surface area contributed by atoms with Crippen molar-refractivity contribution in [3.05, 3.63) is 41.5 Å². The molecule has 158 valence electrons. The molecule has 11 heteroatoms. The zero-order valence-corrected chi connectivity index (χ0v) is 17.3. The van der Waals surface area contributed by atoms with Gasteiger partial charge in [0.2, 0.25) is 21.8 Å². The van der Waals surface area contributed by atoms with Gasteiger partial charge in [-0.25, -0.2) is 8.42 Å². The topological polar surface area (TPSA) is 152 Å². The van der Waals surface area contributed by atoms with Crippen molar-refractivity contribution >= 4 is 44.6 Å². The Hall–Kier alpha value is -3.47. The van der Waals surface area contributed by atoms with Gasteiger partial charge in [0.1, 0.15) is 11.9 Å². The predicted molar refractivity (Wildman–Crippen MR) is 113 cm³/mol. The number of nitrogens with one attached hydrogen (secondary N) is 4. The normalized spacial score (nSPS) is 21.7. The number of sulfonamides is 1. The summed E-state index contributed by atoms with van der Waals surface area (Å²) in [5, 5.41) is 9.30. The second-order valence-electron chi connectivity index (χ2n) is 7.44. The zero-order valence-electron chi connectivity index (χ0n) is 16.5. The highest BCUT2D eigenvalue weighted by Gasteiger charge is 2.48. The lowest BCUT2D eigenvalue weighted by molar-refractivity contribution is -0.131. The first-order valence-corrected chi connectivity index (χ1v) is 10.9. The van der Waals surface area contributed by atoms with E-state index in [0.717, 1.165) is 17.5 Å². The van der Waals surface area contributed by atoms with Crippen molar-refractivity contribution in [3.8, 4) is 5.75 Å². The molecular weight excluding hydrogens is 410 g/mol. The molecule has 2 amide bonds. The fourth-order valence-electron chi connectivity index (χ4n) is 3.70. The Labute approximate surface area is 173 Å². The monoisotopic (exact) mass is 431 g/mol. The van der Waals surface area contributed by atoms with Crippen LogP contribution in [0.3, 0.4) is 0 Å². The van der Waals surface area contributed by atoms with Crippen LogP contribution in [0.15, 0.2) is 30.3 Å². The number of ether oxygens (including phenoxy) is 1. The fourth-order valence-corrected chi connectivity index (χ4v) is 4.25. The first-order valence-electron chi connectivity index (χ1n) is 9.01. The lowest BCUT2D eigenvalue weighted by atomic mass is 9.83. The molecule has 0 aromatic heterocycles. The van der Waals surface area contributed by atoms with Crippen LogP contribution in [0, 0.1) is 0 Å². The number of anilines is 4. The number of hydrogen-bond donors (Lipinski definition) is 5. The summed E-state index contributed by atoms with van der Waals surface area (Å²) in [7, 11) is -1.92. The van der Waals surface area contributed by atoms with Gasteiger partial charge in [0.05, 0.1) is 30.4 Å². The van der Waals surface area contributed by atoms with Gasteiger partial charge in [-0.1, -0.05) is 0 Å². The van der Waals surface area contributed by atoms with Crippen LogP contribution in [0.5, 0.6) is 5.75 Å². The summed E-state index contributed by atoms with van der Waals surface area (Å²) in [6, 6.07) is 8.44. The number of carbonyl (C=O) groups is 2. The van der Waals surface area contributed by atoms with Crippen molar-refractivity contribution in [2.45, 2.75) is 18.5 Å². The van der Waals surface area contributed by atoms with Gasteiger partial charge in [-0.15, -0.1) is 0 Å². The zero-order chi connectivity index (χ0) is 21.8. The number of rotatable bonds is 5. The van der Waals surface area contributed by atoms with E-state index in [9.17, 15) is 18.0 Å². The number of hydrogen-bond acceptors (Lipinski definition) is 7. The maximum Gasteiger partial charge on any atom is 0.244 e. The predicted octanol–water partition coefficient (Wildman–Crippen LogP) is 1.30. The highest BCUT2D eigenvalue weighted by Crippen LogP contribution is 2.46. The Morgan fingerprint density at radius 3 is 2.43 bits per heavy atom. The van der Waals surface area contributed by atoms with Crippen molar-refractivity contribution in [1.29, 1.82) is 0 Å². The minimum atomic E-state index is -3.42. The Morgan fingerprint density at radius 2 is 1.83 bits per heavy atom. The Kier molecular flexibility index (Phi) is 4.31. The summed E-state index contributed by atoms with van der Waals surface area (Å²) in [4.78, 5) is 24.3. The standard InChI is InChI=1S/C19H21N5O5S/c1-19(17(20)25)11-7-13-14(8-12(11)23-18(19)26)22-16(21-13)10-5-4-9(6-15(10)29-2)24-30(3,27)28/h4-8,16,21-22,24H,1-3H3,(H2,20,25)(H,23,26). The van der Waals surface area contributed by atoms with Crippen molar-refractivity contribution in [2.24, 2.45) is 5.73 Å². The highest BCUT2D eigenvalue weighted by atomic mass is 32.2. The van der Waals surface area contributed by atoms with Crippen LogP contribution in [0.4, 0.5) is 22.7 Å². The number of benzene rings is 2. The number of nitrogens with two attached hydrogens (primary N) is 1. The van der Waals surface area contributed by atoms with E-state index in [1.807, 2.05) is 0 Å². The van der Waals surface area contributed by atoms with Gasteiger partial charge in [-0.3, -0.25) is 14.3 Å². The van der Waals surface area contributed by atoms with E-state index in [4.69, 9.17) is 10.5 Å². The number of methoxy groups -OCH3 is 1. The van der Waals surface area contributed by atoms with E-state index >= 15 is 0 Å². The van der Waals surface area contributed by atoms with E-state index in [-0.39, 0.29) is 6.17 Å². The molecule has 2 aromatic rings. The van der Waals surface area contributed by atoms with E-state index in [1.165, 1.54) is 14.0 Å². The maximum atomic E-state index is 12.3. The lowest BCUT2D eigenvalue weighted by Gasteiger charge is -2.18. The maximum absolute atomic E-state index is 12.3. The Bertz CT molecular complexity index is 1200. The minimum absolute atomic E-state index is 0.375. The summed E-state index contributed by atoms with van der Waals surface area (Å²) in [6.45, 7) is 1.50. The average Bonchev–Trinajstić information content (AvgIpc) is 3.17. The molecule has 0 fully saturated rings. The van der Waals surface area contributed by atoms with Gasteiger partial charge < -0.3 is 26.4 Å². The molecule has 2 unspecified atom stereocenters. The third-order valence-electron chi connectivity index (χ3n) is 5.34. The molecule has 4 rings (SSSR count). The number of amides is 2. The van der Waals surface area contributed by atoms with E-state index in [2.05, 4.69) is 20.7 Å². The number of primary amides is 1. The molecule has 0 saturated carbocycles. The van der Waals surface area contributed by atoms with Crippen LogP contribution in [-0.2, 0) is 25.0 Å². The smallest absolute Gasteiger partial charge is 0.244 e. The van der Waals surface area contributed by atoms with E-state index in [1.54, 1.807) is 30.3 Å². The average molecular weight is 431 g/mol. The summed E-state index contributed by atoms with van der Waals surface area (Å²) >= 11 is 0. The third kappa shape index (κ3) is 3.07. The quantitative estimate of drug-likeness (QED) is 0.448. The largest absolute Gasteiger partial charge is 0.496 e. The van der Waals surface area contributed by atoms with Gasteiger partial charge in [0.15, 0.2) is 5.41 Å². The van der Waals surface area contributed by atoms with Gasteiger partial charge >= 0.3 is 0 Å². The van der Waals surface area contributed by atoms with Crippen molar-refractivity contribution < 1.29 is 22.7 Å². The first-order chi connectivity index (χ1) is 14.0. The van der Waals surface area contributed by atoms with Crippen LogP contribution in [-0.4, -0.2) is 33.6 Å². The van der Waals surface area contributed by atoms with Crippen LogP contribution in [0.25, 0.3) is 0 Å². The first kappa shape index (κ1) is 19.8. The second kappa shape index (κ2) is 6.52. The van der Waals surface area contributed by atoms with E-state index < -0.39 is 27.3 Å². The molecule has 10 nitrogen and oxygen atoms in total. The number of carbonyl (C=O) groups excluding carboxylic acids is 2. The lowest BCUT2D eigenvalue weighted by Crippen LogP contribution is -2.44. The van der Waals surface area contributed by atoms with Gasteiger partial charge in [-0.05, 0) is 31.2 Å². The molecule has 0 saturated heterocycles. The van der Waals surface area contributed by atoms with Crippen molar-refractivity contribution in [2.75, 3.05) is 34.0 Å². The molecule has 0 aliphatic carbocycles. The molecule has 0 bridgehead atoms. The van der Waals surface area contributed by atoms with Crippen LogP contribution >= 0.6 is 0 Å². The minimum Gasteiger partial charge on any atom is -0.496 e. The van der Waals surface area contributed by atoms with Gasteiger partial charge in [0, 0.05) is 22.9 Å². The summed E-state index contributed by atoms with van der Waals surface area (Å²) < 4.78 is 30.8. The van der Waals surface area contributed by atoms with Crippen molar-refractivity contribution in [3.63, 3.8) is 0 Å². The summed E-state index contributed by atoms with van der Waals surface area (Å²) in [5.74, 6) is -0.707. The SMILES string of the molecule is COc1cc(NS(C)(=O)=O)ccc1C1Nc2cc3c(cc2N1)C(C)(C(N)=O)C(=O)N3. The van der Waals surface area contributed by atoms with E-state index in [0.29, 0.717) is 28.4 Å². The molecule has 6 N–H and O–H groups in total. The molecule has 2 heterocycles. The van der Waals surface area contributed by atoms with Crippen LogP contribution < -0.4 is 31.1 Å². The Morgan fingerprint density at radius 1 is 1.17 bits per heavy atom. The molecule has 0 radical (unpaired) electrons. The molecule has 0 spiro atoms. The van der Waals surface area contributed by atoms with Crippen LogP contribution in [0.2, 0.25) is 0 Å². The second-order valence-corrected chi connectivity index (χ2v) is 9.19. The molecule has 2 aliphatic rings.